The smallest absolute Gasteiger partial charge is 0.224 e. The van der Waals surface area contributed by atoms with Crippen LogP contribution in [0.4, 0.5) is 13.2 Å². The molecule has 0 aliphatic carbocycles. The Balaban J connectivity index is 2.11. The van der Waals surface area contributed by atoms with E-state index in [4.69, 9.17) is 0 Å². The van der Waals surface area contributed by atoms with Gasteiger partial charge in [0.05, 0.1) is 10.5 Å². The second kappa shape index (κ2) is 6.57. The highest BCUT2D eigenvalue weighted by Crippen LogP contribution is 2.36. The van der Waals surface area contributed by atoms with Gasteiger partial charge in [0, 0.05) is 16.4 Å². The molecule has 0 radical (unpaired) electrons. The van der Waals surface area contributed by atoms with E-state index in [1.165, 1.54) is 36.0 Å². The van der Waals surface area contributed by atoms with Gasteiger partial charge in [-0.25, -0.2) is 8.42 Å². The molecule has 0 spiro atoms. The molecular formula is C16H15F3O2S2. The molecule has 0 N–H and O–H groups in total. The first kappa shape index (κ1) is 17.9. The van der Waals surface area contributed by atoms with Crippen molar-refractivity contribution in [3.05, 3.63) is 59.7 Å². The fourth-order valence-electron chi connectivity index (χ4n) is 1.98. The minimum Gasteiger partial charge on any atom is -0.224 e. The lowest BCUT2D eigenvalue weighted by Gasteiger charge is -2.13. The summed E-state index contributed by atoms with van der Waals surface area (Å²) in [6, 6.07) is 11.5. The zero-order chi connectivity index (χ0) is 17.3. The van der Waals surface area contributed by atoms with Crippen LogP contribution in [0.25, 0.3) is 0 Å². The molecule has 0 aliphatic rings. The maximum atomic E-state index is 12.5. The molecule has 124 valence electrons. The molecule has 0 bridgehead atoms. The molecule has 0 fully saturated rings. The van der Waals surface area contributed by atoms with Crippen molar-refractivity contribution in [3.8, 4) is 0 Å². The second-order valence-electron chi connectivity index (χ2n) is 5.12. The predicted octanol–water partition coefficient (Wildman–Crippen LogP) is 4.96. The maximum Gasteiger partial charge on any atom is 0.416 e. The Hall–Kier alpha value is -1.47. The summed E-state index contributed by atoms with van der Waals surface area (Å²) in [5, 5.41) is -0.0543. The largest absolute Gasteiger partial charge is 0.416 e. The normalized spacial score (nSPS) is 13.8. The number of thioether (sulfide) groups is 1. The van der Waals surface area contributed by atoms with Gasteiger partial charge in [-0.1, -0.05) is 12.1 Å². The van der Waals surface area contributed by atoms with E-state index in [1.807, 2.05) is 6.92 Å². The Morgan fingerprint density at radius 2 is 1.48 bits per heavy atom. The average molecular weight is 360 g/mol. The van der Waals surface area contributed by atoms with Crippen LogP contribution in [-0.4, -0.2) is 14.7 Å². The average Bonchev–Trinajstić information content (AvgIpc) is 2.46. The number of alkyl halides is 3. The third kappa shape index (κ3) is 4.75. The van der Waals surface area contributed by atoms with E-state index >= 15 is 0 Å². The van der Waals surface area contributed by atoms with E-state index < -0.39 is 21.6 Å². The zero-order valence-corrected chi connectivity index (χ0v) is 14.1. The first-order valence-corrected chi connectivity index (χ1v) is 9.48. The van der Waals surface area contributed by atoms with Crippen molar-refractivity contribution in [2.24, 2.45) is 0 Å². The van der Waals surface area contributed by atoms with Crippen molar-refractivity contribution in [1.29, 1.82) is 0 Å². The van der Waals surface area contributed by atoms with Gasteiger partial charge in [0.1, 0.15) is 0 Å². The van der Waals surface area contributed by atoms with Crippen LogP contribution < -0.4 is 0 Å². The molecule has 1 unspecified atom stereocenters. The van der Waals surface area contributed by atoms with E-state index in [1.54, 1.807) is 12.1 Å². The summed E-state index contributed by atoms with van der Waals surface area (Å²) in [4.78, 5) is 1.09. The van der Waals surface area contributed by atoms with Crippen LogP contribution in [0.15, 0.2) is 58.3 Å². The quantitative estimate of drug-likeness (QED) is 0.723. The highest BCUT2D eigenvalue weighted by Gasteiger charge is 2.30. The van der Waals surface area contributed by atoms with Crippen molar-refractivity contribution in [2.45, 2.75) is 28.1 Å². The van der Waals surface area contributed by atoms with Crippen molar-refractivity contribution < 1.29 is 21.6 Å². The van der Waals surface area contributed by atoms with Crippen LogP contribution >= 0.6 is 11.8 Å². The van der Waals surface area contributed by atoms with Gasteiger partial charge in [-0.05, 0) is 48.9 Å². The molecular weight excluding hydrogens is 345 g/mol. The third-order valence-corrected chi connectivity index (χ3v) is 5.57. The SMILES string of the molecule is CC(Sc1ccc(S(C)(=O)=O)cc1)c1ccc(C(F)(F)F)cc1. The number of hydrogen-bond donors (Lipinski definition) is 0. The van der Waals surface area contributed by atoms with E-state index in [9.17, 15) is 21.6 Å². The standard InChI is InChI=1S/C16H15F3O2S2/c1-11(12-3-5-13(6-4-12)16(17,18)19)22-14-7-9-15(10-8-14)23(2,20)21/h3-11H,1-2H3. The van der Waals surface area contributed by atoms with E-state index in [0.29, 0.717) is 0 Å². The number of halogens is 3. The van der Waals surface area contributed by atoms with Gasteiger partial charge in [-0.2, -0.15) is 13.2 Å². The molecule has 1 atom stereocenters. The number of hydrogen-bond acceptors (Lipinski definition) is 3. The second-order valence-corrected chi connectivity index (χ2v) is 8.55. The number of rotatable bonds is 4. The van der Waals surface area contributed by atoms with Crippen molar-refractivity contribution in [1.82, 2.24) is 0 Å². The molecule has 0 heterocycles. The van der Waals surface area contributed by atoms with Gasteiger partial charge >= 0.3 is 6.18 Å². The molecule has 2 rings (SSSR count). The monoisotopic (exact) mass is 360 g/mol. The number of sulfone groups is 1. The summed E-state index contributed by atoms with van der Waals surface area (Å²) < 4.78 is 60.4. The maximum absolute atomic E-state index is 12.5. The molecule has 0 amide bonds. The minimum absolute atomic E-state index is 0.0543. The molecule has 0 saturated heterocycles. The molecule has 0 aliphatic heterocycles. The van der Waals surface area contributed by atoms with Gasteiger partial charge in [-0.3, -0.25) is 0 Å². The molecule has 23 heavy (non-hydrogen) atoms. The molecule has 2 nitrogen and oxygen atoms in total. The van der Waals surface area contributed by atoms with Crippen LogP contribution in [0.1, 0.15) is 23.3 Å². The zero-order valence-electron chi connectivity index (χ0n) is 12.5. The first-order chi connectivity index (χ1) is 10.6. The van der Waals surface area contributed by atoms with Gasteiger partial charge in [0.2, 0.25) is 0 Å². The number of benzene rings is 2. The van der Waals surface area contributed by atoms with E-state index in [0.717, 1.165) is 28.8 Å². The van der Waals surface area contributed by atoms with E-state index in [-0.39, 0.29) is 10.1 Å². The Labute approximate surface area is 137 Å². The van der Waals surface area contributed by atoms with Crippen LogP contribution in [0.5, 0.6) is 0 Å². The van der Waals surface area contributed by atoms with Gasteiger partial charge in [-0.15, -0.1) is 11.8 Å². The van der Waals surface area contributed by atoms with Crippen LogP contribution in [0.3, 0.4) is 0 Å². The summed E-state index contributed by atoms with van der Waals surface area (Å²) in [5.41, 5.74) is 0.103. The Bertz CT molecular complexity index is 764. The lowest BCUT2D eigenvalue weighted by Crippen LogP contribution is -2.04. The Morgan fingerprint density at radius 3 is 1.91 bits per heavy atom. The molecule has 0 aromatic heterocycles. The van der Waals surface area contributed by atoms with Gasteiger partial charge in [0.15, 0.2) is 9.84 Å². The van der Waals surface area contributed by atoms with Crippen molar-refractivity contribution >= 4 is 21.6 Å². The Kier molecular flexibility index (Phi) is 5.10. The topological polar surface area (TPSA) is 34.1 Å². The third-order valence-electron chi connectivity index (χ3n) is 3.27. The summed E-state index contributed by atoms with van der Waals surface area (Å²) in [6.45, 7) is 1.89. The summed E-state index contributed by atoms with van der Waals surface area (Å²) in [7, 11) is -3.23. The molecule has 2 aromatic rings. The predicted molar refractivity (Wildman–Crippen MR) is 85.3 cm³/mol. The van der Waals surface area contributed by atoms with Crippen LogP contribution in [-0.2, 0) is 16.0 Å². The molecule has 2 aromatic carbocycles. The summed E-state index contributed by atoms with van der Waals surface area (Å²) in [5.74, 6) is 0. The summed E-state index contributed by atoms with van der Waals surface area (Å²) in [6.07, 6.45) is -3.20. The first-order valence-electron chi connectivity index (χ1n) is 6.71. The molecule has 0 saturated carbocycles. The highest BCUT2D eigenvalue weighted by atomic mass is 32.2. The van der Waals surface area contributed by atoms with Crippen molar-refractivity contribution in [3.63, 3.8) is 0 Å². The van der Waals surface area contributed by atoms with Crippen LogP contribution in [0.2, 0.25) is 0 Å². The van der Waals surface area contributed by atoms with Crippen LogP contribution in [0, 0.1) is 0 Å². The minimum atomic E-state index is -4.34. The van der Waals surface area contributed by atoms with Gasteiger partial charge < -0.3 is 0 Å². The van der Waals surface area contributed by atoms with Gasteiger partial charge in [0.25, 0.3) is 0 Å². The lowest BCUT2D eigenvalue weighted by atomic mass is 10.1. The van der Waals surface area contributed by atoms with E-state index in [2.05, 4.69) is 0 Å². The fourth-order valence-corrected chi connectivity index (χ4v) is 3.61. The fraction of sp³-hybridized carbons (Fsp3) is 0.250. The summed E-state index contributed by atoms with van der Waals surface area (Å²) >= 11 is 1.45. The lowest BCUT2D eigenvalue weighted by molar-refractivity contribution is -0.137. The Morgan fingerprint density at radius 1 is 0.957 bits per heavy atom. The molecule has 7 heteroatoms. The highest BCUT2D eigenvalue weighted by molar-refractivity contribution is 7.99. The van der Waals surface area contributed by atoms with Crippen molar-refractivity contribution in [2.75, 3.05) is 6.26 Å².